The highest BCUT2D eigenvalue weighted by molar-refractivity contribution is 9.10. The average molecular weight is 501 g/mol. The molecule has 2 amide bonds. The minimum absolute atomic E-state index is 0.0329. The Hall–Kier alpha value is -2.34. The molecule has 1 aliphatic carbocycles. The Morgan fingerprint density at radius 3 is 2.41 bits per heavy atom. The van der Waals surface area contributed by atoms with Crippen molar-refractivity contribution in [3.05, 3.63) is 64.1 Å². The van der Waals surface area contributed by atoms with Crippen LogP contribution in [-0.2, 0) is 16.1 Å². The summed E-state index contributed by atoms with van der Waals surface area (Å²) in [7, 11) is 0. The van der Waals surface area contributed by atoms with Crippen LogP contribution in [0.3, 0.4) is 0 Å². The van der Waals surface area contributed by atoms with Gasteiger partial charge in [0.25, 0.3) is 0 Å². The second kappa shape index (κ2) is 12.0. The van der Waals surface area contributed by atoms with Crippen LogP contribution >= 0.6 is 15.9 Å². The van der Waals surface area contributed by atoms with Crippen molar-refractivity contribution in [1.29, 1.82) is 0 Å². The number of halogens is 1. The molecule has 2 aromatic carbocycles. The molecule has 0 bridgehead atoms. The van der Waals surface area contributed by atoms with E-state index in [0.29, 0.717) is 26.0 Å². The van der Waals surface area contributed by atoms with Crippen LogP contribution in [0.25, 0.3) is 0 Å². The van der Waals surface area contributed by atoms with Gasteiger partial charge in [0.15, 0.2) is 0 Å². The van der Waals surface area contributed by atoms with Gasteiger partial charge in [-0.25, -0.2) is 0 Å². The van der Waals surface area contributed by atoms with Gasteiger partial charge >= 0.3 is 0 Å². The Bertz CT molecular complexity index is 877. The maximum absolute atomic E-state index is 13.1. The third-order valence-electron chi connectivity index (χ3n) is 5.96. The lowest BCUT2D eigenvalue weighted by Gasteiger charge is -2.30. The quantitative estimate of drug-likeness (QED) is 0.444. The molecule has 1 saturated carbocycles. The maximum Gasteiger partial charge on any atom is 0.242 e. The molecule has 0 saturated heterocycles. The zero-order valence-corrected chi connectivity index (χ0v) is 20.6. The van der Waals surface area contributed by atoms with Gasteiger partial charge in [0.2, 0.25) is 11.8 Å². The average Bonchev–Trinajstić information content (AvgIpc) is 3.30. The molecule has 1 fully saturated rings. The summed E-state index contributed by atoms with van der Waals surface area (Å²) in [6, 6.07) is 15.5. The number of carbonyl (C=O) groups is 2. The van der Waals surface area contributed by atoms with Gasteiger partial charge < -0.3 is 15.0 Å². The predicted molar refractivity (Wildman–Crippen MR) is 130 cm³/mol. The van der Waals surface area contributed by atoms with E-state index in [1.807, 2.05) is 62.4 Å². The molecule has 1 atom stereocenters. The Kier molecular flexibility index (Phi) is 9.15. The van der Waals surface area contributed by atoms with E-state index in [2.05, 4.69) is 21.2 Å². The largest absolute Gasteiger partial charge is 0.494 e. The SMILES string of the molecule is Cc1ccc(OCCCC(=O)N(Cc2ccc(Br)cc2)[C@@H](C)C(=O)NC2CCCC2)cc1. The van der Waals surface area contributed by atoms with Crippen LogP contribution < -0.4 is 10.1 Å². The first-order valence-corrected chi connectivity index (χ1v) is 12.3. The Balaban J connectivity index is 1.59. The number of aryl methyl sites for hydroxylation is 1. The molecule has 1 N–H and O–H groups in total. The Labute approximate surface area is 199 Å². The van der Waals surface area contributed by atoms with E-state index in [-0.39, 0.29) is 17.9 Å². The molecule has 0 aliphatic heterocycles. The van der Waals surface area contributed by atoms with Crippen molar-refractivity contribution < 1.29 is 14.3 Å². The summed E-state index contributed by atoms with van der Waals surface area (Å²) in [5, 5.41) is 3.14. The van der Waals surface area contributed by atoms with Crippen molar-refractivity contribution >= 4 is 27.7 Å². The zero-order chi connectivity index (χ0) is 22.9. The van der Waals surface area contributed by atoms with Gasteiger partial charge in [0, 0.05) is 23.5 Å². The van der Waals surface area contributed by atoms with Gasteiger partial charge in [-0.1, -0.05) is 58.6 Å². The minimum atomic E-state index is -0.523. The van der Waals surface area contributed by atoms with E-state index in [0.717, 1.165) is 41.5 Å². The molecule has 1 aliphatic rings. The minimum Gasteiger partial charge on any atom is -0.494 e. The molecular weight excluding hydrogens is 468 g/mol. The number of nitrogens with zero attached hydrogens (tertiary/aromatic N) is 1. The van der Waals surface area contributed by atoms with Crippen LogP contribution in [0.1, 0.15) is 56.6 Å². The molecule has 3 rings (SSSR count). The van der Waals surface area contributed by atoms with Gasteiger partial charge in [-0.05, 0) is 62.9 Å². The highest BCUT2D eigenvalue weighted by Gasteiger charge is 2.28. The van der Waals surface area contributed by atoms with Crippen molar-refractivity contribution in [3.63, 3.8) is 0 Å². The predicted octanol–water partition coefficient (Wildman–Crippen LogP) is 5.39. The fraction of sp³-hybridized carbons (Fsp3) is 0.462. The van der Waals surface area contributed by atoms with E-state index >= 15 is 0 Å². The first-order valence-electron chi connectivity index (χ1n) is 11.5. The third-order valence-corrected chi connectivity index (χ3v) is 6.49. The molecule has 0 spiro atoms. The number of carbonyl (C=O) groups excluding carboxylic acids is 2. The van der Waals surface area contributed by atoms with Crippen LogP contribution in [-0.4, -0.2) is 35.4 Å². The molecule has 0 aromatic heterocycles. The van der Waals surface area contributed by atoms with Crippen LogP contribution in [0.5, 0.6) is 5.75 Å². The van der Waals surface area contributed by atoms with Crippen molar-refractivity contribution in [2.45, 2.75) is 71.0 Å². The van der Waals surface area contributed by atoms with E-state index in [4.69, 9.17) is 4.74 Å². The van der Waals surface area contributed by atoms with Gasteiger partial charge in [-0.2, -0.15) is 0 Å². The van der Waals surface area contributed by atoms with Crippen LogP contribution in [0.4, 0.5) is 0 Å². The van der Waals surface area contributed by atoms with Crippen molar-refractivity contribution in [1.82, 2.24) is 10.2 Å². The topological polar surface area (TPSA) is 58.6 Å². The summed E-state index contributed by atoms with van der Waals surface area (Å²) in [6.45, 7) is 4.73. The Morgan fingerprint density at radius 2 is 1.75 bits per heavy atom. The lowest BCUT2D eigenvalue weighted by atomic mass is 10.1. The fourth-order valence-electron chi connectivity index (χ4n) is 3.95. The van der Waals surface area contributed by atoms with Gasteiger partial charge in [-0.15, -0.1) is 0 Å². The number of hydrogen-bond acceptors (Lipinski definition) is 3. The first kappa shape index (κ1) is 24.3. The number of benzene rings is 2. The standard InChI is InChI=1S/C26H33BrN2O3/c1-19-9-15-24(16-10-19)32-17-5-8-25(30)29(18-21-11-13-22(27)14-12-21)20(2)26(31)28-23-6-3-4-7-23/h9-16,20,23H,3-8,17-18H2,1-2H3,(H,28,31)/t20-/m0/s1. The summed E-state index contributed by atoms with van der Waals surface area (Å²) in [5.74, 6) is 0.701. The molecule has 5 nitrogen and oxygen atoms in total. The van der Waals surface area contributed by atoms with Crippen molar-refractivity contribution in [3.8, 4) is 5.75 Å². The molecular formula is C26H33BrN2O3. The van der Waals surface area contributed by atoms with E-state index in [1.165, 1.54) is 5.56 Å². The lowest BCUT2D eigenvalue weighted by Crippen LogP contribution is -2.49. The summed E-state index contributed by atoms with van der Waals surface area (Å²) in [5.41, 5.74) is 2.18. The molecule has 32 heavy (non-hydrogen) atoms. The molecule has 2 aromatic rings. The van der Waals surface area contributed by atoms with E-state index < -0.39 is 6.04 Å². The molecule has 6 heteroatoms. The lowest BCUT2D eigenvalue weighted by molar-refractivity contribution is -0.141. The summed E-state index contributed by atoms with van der Waals surface area (Å²) in [4.78, 5) is 27.7. The highest BCUT2D eigenvalue weighted by Crippen LogP contribution is 2.19. The van der Waals surface area contributed by atoms with Gasteiger partial charge in [0.1, 0.15) is 11.8 Å². The third kappa shape index (κ3) is 7.37. The summed E-state index contributed by atoms with van der Waals surface area (Å²) in [6.07, 6.45) is 5.29. The number of hydrogen-bond donors (Lipinski definition) is 1. The second-order valence-corrected chi connectivity index (χ2v) is 9.49. The number of ether oxygens (including phenoxy) is 1. The summed E-state index contributed by atoms with van der Waals surface area (Å²) < 4.78 is 6.75. The van der Waals surface area contributed by atoms with E-state index in [9.17, 15) is 9.59 Å². The zero-order valence-electron chi connectivity index (χ0n) is 19.0. The molecule has 0 heterocycles. The fourth-order valence-corrected chi connectivity index (χ4v) is 4.22. The highest BCUT2D eigenvalue weighted by atomic mass is 79.9. The molecule has 0 unspecified atom stereocenters. The smallest absolute Gasteiger partial charge is 0.242 e. The first-order chi connectivity index (χ1) is 15.4. The molecule has 172 valence electrons. The Morgan fingerprint density at radius 1 is 1.09 bits per heavy atom. The number of rotatable bonds is 10. The van der Waals surface area contributed by atoms with E-state index in [1.54, 1.807) is 4.90 Å². The second-order valence-electron chi connectivity index (χ2n) is 8.58. The van der Waals surface area contributed by atoms with Gasteiger partial charge in [-0.3, -0.25) is 9.59 Å². The van der Waals surface area contributed by atoms with Crippen molar-refractivity contribution in [2.24, 2.45) is 0 Å². The van der Waals surface area contributed by atoms with Crippen LogP contribution in [0.2, 0.25) is 0 Å². The van der Waals surface area contributed by atoms with Gasteiger partial charge in [0.05, 0.1) is 6.61 Å². The van der Waals surface area contributed by atoms with Crippen LogP contribution in [0.15, 0.2) is 53.0 Å². The number of nitrogens with one attached hydrogen (secondary N) is 1. The van der Waals surface area contributed by atoms with Crippen molar-refractivity contribution in [2.75, 3.05) is 6.61 Å². The number of amides is 2. The monoisotopic (exact) mass is 500 g/mol. The maximum atomic E-state index is 13.1. The summed E-state index contributed by atoms with van der Waals surface area (Å²) >= 11 is 3.45. The molecule has 0 radical (unpaired) electrons. The normalized spacial score (nSPS) is 14.7. The van der Waals surface area contributed by atoms with Crippen LogP contribution in [0, 0.1) is 6.92 Å².